The van der Waals surface area contributed by atoms with Gasteiger partial charge in [0, 0.05) is 29.3 Å². The Balaban J connectivity index is 1.56. The molecule has 140 valence electrons. The Morgan fingerprint density at radius 2 is 1.78 bits per heavy atom. The van der Waals surface area contributed by atoms with Crippen LogP contribution in [0.5, 0.6) is 0 Å². The lowest BCUT2D eigenvalue weighted by Gasteiger charge is -2.15. The number of hydrogen-bond acceptors (Lipinski definition) is 2. The third-order valence-corrected chi connectivity index (χ3v) is 4.91. The summed E-state index contributed by atoms with van der Waals surface area (Å²) in [6, 6.07) is 15.6. The van der Waals surface area contributed by atoms with E-state index in [1.54, 1.807) is 0 Å². The van der Waals surface area contributed by atoms with Crippen LogP contribution in [0.1, 0.15) is 37.3 Å². The fraction of sp³-hybridized carbons (Fsp3) is 0.273. The van der Waals surface area contributed by atoms with Crippen molar-refractivity contribution in [3.63, 3.8) is 0 Å². The molecule has 0 spiro atoms. The zero-order chi connectivity index (χ0) is 19.2. The van der Waals surface area contributed by atoms with E-state index in [2.05, 4.69) is 29.5 Å². The van der Waals surface area contributed by atoms with Gasteiger partial charge in [-0.2, -0.15) is 0 Å². The minimum Gasteiger partial charge on any atom is -0.361 e. The summed E-state index contributed by atoms with van der Waals surface area (Å²) in [4.78, 5) is 27.6. The summed E-state index contributed by atoms with van der Waals surface area (Å²) >= 11 is 0. The third-order valence-electron chi connectivity index (χ3n) is 4.91. The van der Waals surface area contributed by atoms with Gasteiger partial charge in [-0.25, -0.2) is 0 Å². The van der Waals surface area contributed by atoms with E-state index in [1.807, 2.05) is 54.7 Å². The summed E-state index contributed by atoms with van der Waals surface area (Å²) in [6.45, 7) is 4.61. The summed E-state index contributed by atoms with van der Waals surface area (Å²) in [7, 11) is 0. The molecule has 3 aromatic rings. The molecule has 5 heteroatoms. The van der Waals surface area contributed by atoms with Gasteiger partial charge in [-0.1, -0.05) is 50.2 Å². The van der Waals surface area contributed by atoms with Crippen LogP contribution in [0, 0.1) is 0 Å². The number of benzene rings is 2. The van der Waals surface area contributed by atoms with E-state index in [4.69, 9.17) is 0 Å². The number of amides is 2. The maximum absolute atomic E-state index is 12.3. The van der Waals surface area contributed by atoms with Crippen molar-refractivity contribution in [3.05, 3.63) is 65.9 Å². The van der Waals surface area contributed by atoms with E-state index in [1.165, 1.54) is 0 Å². The van der Waals surface area contributed by atoms with Crippen LogP contribution in [-0.2, 0) is 16.0 Å². The molecule has 2 amide bonds. The first-order valence-corrected chi connectivity index (χ1v) is 9.33. The average molecular weight is 363 g/mol. The number of carbonyl (C=O) groups excluding carboxylic acids is 2. The molecule has 1 unspecified atom stereocenters. The Morgan fingerprint density at radius 1 is 1.04 bits per heavy atom. The molecule has 1 atom stereocenters. The summed E-state index contributed by atoms with van der Waals surface area (Å²) in [6.07, 6.45) is 3.56. The summed E-state index contributed by atoms with van der Waals surface area (Å²) in [5.41, 5.74) is 3.93. The molecule has 0 aliphatic heterocycles. The Kier molecular flexibility index (Phi) is 5.91. The SMILES string of the molecule is CCC(C)c1ccccc1NC(=O)C(=O)NCCc1c[nH]c2ccccc12. The maximum Gasteiger partial charge on any atom is 0.313 e. The van der Waals surface area contributed by atoms with Gasteiger partial charge in [-0.3, -0.25) is 9.59 Å². The molecule has 3 rings (SSSR count). The number of fused-ring (bicyclic) bond motifs is 1. The summed E-state index contributed by atoms with van der Waals surface area (Å²) < 4.78 is 0. The molecule has 27 heavy (non-hydrogen) atoms. The van der Waals surface area contributed by atoms with Gasteiger partial charge in [0.05, 0.1) is 0 Å². The van der Waals surface area contributed by atoms with Crippen molar-refractivity contribution >= 4 is 28.4 Å². The molecule has 0 aliphatic carbocycles. The highest BCUT2D eigenvalue weighted by Crippen LogP contribution is 2.26. The van der Waals surface area contributed by atoms with E-state index in [9.17, 15) is 9.59 Å². The van der Waals surface area contributed by atoms with Crippen molar-refractivity contribution in [1.29, 1.82) is 0 Å². The molecule has 0 saturated carbocycles. The van der Waals surface area contributed by atoms with Crippen molar-refractivity contribution in [2.75, 3.05) is 11.9 Å². The minimum absolute atomic E-state index is 0.312. The van der Waals surface area contributed by atoms with E-state index in [0.29, 0.717) is 24.6 Å². The predicted molar refractivity (Wildman–Crippen MR) is 109 cm³/mol. The summed E-state index contributed by atoms with van der Waals surface area (Å²) in [5, 5.41) is 6.58. The van der Waals surface area contributed by atoms with Crippen LogP contribution in [0.4, 0.5) is 5.69 Å². The molecular weight excluding hydrogens is 338 g/mol. The van der Waals surface area contributed by atoms with Gasteiger partial charge in [0.15, 0.2) is 0 Å². The average Bonchev–Trinajstić information content (AvgIpc) is 3.11. The highest BCUT2D eigenvalue weighted by atomic mass is 16.2. The molecular formula is C22H25N3O2. The standard InChI is InChI=1S/C22H25N3O2/c1-3-15(2)17-8-4-7-11-20(17)25-22(27)21(26)23-13-12-16-14-24-19-10-6-5-9-18(16)19/h4-11,14-15,24H,3,12-13H2,1-2H3,(H,23,26)(H,25,27). The lowest BCUT2D eigenvalue weighted by Crippen LogP contribution is -2.36. The number of carbonyl (C=O) groups is 2. The Bertz CT molecular complexity index is 945. The molecule has 1 aromatic heterocycles. The van der Waals surface area contributed by atoms with E-state index < -0.39 is 11.8 Å². The fourth-order valence-electron chi connectivity index (χ4n) is 3.17. The number of rotatable bonds is 6. The van der Waals surface area contributed by atoms with Gasteiger partial charge < -0.3 is 15.6 Å². The largest absolute Gasteiger partial charge is 0.361 e. The highest BCUT2D eigenvalue weighted by Gasteiger charge is 2.16. The first kappa shape index (κ1) is 18.7. The Hall–Kier alpha value is -3.08. The zero-order valence-corrected chi connectivity index (χ0v) is 15.7. The van der Waals surface area contributed by atoms with E-state index in [-0.39, 0.29) is 0 Å². The number of para-hydroxylation sites is 2. The smallest absolute Gasteiger partial charge is 0.313 e. The normalized spacial score (nSPS) is 11.9. The van der Waals surface area contributed by atoms with Crippen LogP contribution in [0.3, 0.4) is 0 Å². The Morgan fingerprint density at radius 3 is 2.59 bits per heavy atom. The topological polar surface area (TPSA) is 74.0 Å². The van der Waals surface area contributed by atoms with Gasteiger partial charge in [-0.05, 0) is 42.0 Å². The van der Waals surface area contributed by atoms with Crippen LogP contribution >= 0.6 is 0 Å². The number of anilines is 1. The molecule has 1 heterocycles. The molecule has 0 aliphatic rings. The predicted octanol–water partition coefficient (Wildman–Crippen LogP) is 3.98. The zero-order valence-electron chi connectivity index (χ0n) is 15.7. The monoisotopic (exact) mass is 363 g/mol. The quantitative estimate of drug-likeness (QED) is 0.580. The molecule has 0 fully saturated rings. The highest BCUT2D eigenvalue weighted by molar-refractivity contribution is 6.39. The van der Waals surface area contributed by atoms with Gasteiger partial charge in [0.2, 0.25) is 0 Å². The second-order valence-electron chi connectivity index (χ2n) is 6.72. The van der Waals surface area contributed by atoms with Crippen molar-refractivity contribution in [1.82, 2.24) is 10.3 Å². The molecule has 0 bridgehead atoms. The number of nitrogens with one attached hydrogen (secondary N) is 3. The van der Waals surface area contributed by atoms with Crippen LogP contribution in [0.25, 0.3) is 10.9 Å². The molecule has 0 radical (unpaired) electrons. The number of aromatic amines is 1. The molecule has 3 N–H and O–H groups in total. The minimum atomic E-state index is -0.635. The first-order chi connectivity index (χ1) is 13.1. The van der Waals surface area contributed by atoms with Gasteiger partial charge in [0.25, 0.3) is 0 Å². The van der Waals surface area contributed by atoms with E-state index in [0.717, 1.165) is 28.5 Å². The van der Waals surface area contributed by atoms with Crippen LogP contribution in [-0.4, -0.2) is 23.3 Å². The van der Waals surface area contributed by atoms with E-state index >= 15 is 0 Å². The number of aromatic nitrogens is 1. The van der Waals surface area contributed by atoms with Gasteiger partial charge in [-0.15, -0.1) is 0 Å². The second-order valence-corrected chi connectivity index (χ2v) is 6.72. The molecule has 5 nitrogen and oxygen atoms in total. The number of H-pyrrole nitrogens is 1. The van der Waals surface area contributed by atoms with Crippen LogP contribution in [0.15, 0.2) is 54.7 Å². The Labute approximate surface area is 159 Å². The molecule has 0 saturated heterocycles. The van der Waals surface area contributed by atoms with Gasteiger partial charge >= 0.3 is 11.8 Å². The lowest BCUT2D eigenvalue weighted by atomic mass is 9.97. The van der Waals surface area contributed by atoms with Crippen molar-refractivity contribution in [3.8, 4) is 0 Å². The maximum atomic E-state index is 12.3. The van der Waals surface area contributed by atoms with Gasteiger partial charge in [0.1, 0.15) is 0 Å². The van der Waals surface area contributed by atoms with Crippen LogP contribution < -0.4 is 10.6 Å². The second kappa shape index (κ2) is 8.54. The van der Waals surface area contributed by atoms with Crippen LogP contribution in [0.2, 0.25) is 0 Å². The fourth-order valence-corrected chi connectivity index (χ4v) is 3.17. The first-order valence-electron chi connectivity index (χ1n) is 9.33. The number of hydrogen-bond donors (Lipinski definition) is 3. The van der Waals surface area contributed by atoms with Crippen molar-refractivity contribution < 1.29 is 9.59 Å². The summed E-state index contributed by atoms with van der Waals surface area (Å²) in [5.74, 6) is -0.940. The van der Waals surface area contributed by atoms with Crippen molar-refractivity contribution in [2.45, 2.75) is 32.6 Å². The lowest BCUT2D eigenvalue weighted by molar-refractivity contribution is -0.136. The third kappa shape index (κ3) is 4.37. The molecule has 2 aromatic carbocycles. The van der Waals surface area contributed by atoms with Crippen molar-refractivity contribution in [2.24, 2.45) is 0 Å².